The molecule has 0 unspecified atom stereocenters. The van der Waals surface area contributed by atoms with Gasteiger partial charge >= 0.3 is 0 Å². The van der Waals surface area contributed by atoms with E-state index in [1.165, 1.54) is 154 Å². The normalized spacial score (nSPS) is 11.3. The van der Waals surface area contributed by atoms with Gasteiger partial charge in [-0.2, -0.15) is 0 Å². The molecule has 7 rings (SSSR count). The van der Waals surface area contributed by atoms with E-state index in [0.29, 0.717) is 39.6 Å². The molecule has 3 aromatic carbocycles. The number of unbranched alkanes of at least 4 members (excludes halogenated alkanes) is 30. The van der Waals surface area contributed by atoms with E-state index in [9.17, 15) is 0 Å². The summed E-state index contributed by atoms with van der Waals surface area (Å²) in [6.45, 7) is 17.3. The molecule has 522 valence electrons. The van der Waals surface area contributed by atoms with Crippen LogP contribution in [0.4, 0.5) is 0 Å². The van der Waals surface area contributed by atoms with Crippen LogP contribution < -0.4 is 28.4 Å². The van der Waals surface area contributed by atoms with E-state index in [1.807, 2.05) is 61.7 Å². The van der Waals surface area contributed by atoms with Crippen LogP contribution in [-0.4, -0.2) is 59.6 Å². The van der Waals surface area contributed by atoms with E-state index in [-0.39, 0.29) is 0 Å². The van der Waals surface area contributed by atoms with Gasteiger partial charge in [0.1, 0.15) is 34.5 Å². The first kappa shape index (κ1) is 76.4. The largest absolute Gasteiger partial charge is 0.493 e. The highest BCUT2D eigenvalue weighted by atomic mass is 16.5. The van der Waals surface area contributed by atoms with Gasteiger partial charge in [0, 0.05) is 116 Å². The molecule has 0 bridgehead atoms. The molecule has 0 saturated carbocycles. The molecule has 4 heterocycles. The molecule has 0 saturated heterocycles. The molecule has 96 heavy (non-hydrogen) atoms. The maximum absolute atomic E-state index is 7.10. The van der Waals surface area contributed by atoms with Gasteiger partial charge in [-0.3, -0.25) is 19.9 Å². The van der Waals surface area contributed by atoms with E-state index in [1.54, 1.807) is 0 Å². The topological polar surface area (TPSA) is 107 Å². The van der Waals surface area contributed by atoms with Gasteiger partial charge in [-0.05, 0) is 99.2 Å². The molecule has 0 aliphatic heterocycles. The predicted molar refractivity (Wildman–Crippen MR) is 403 cm³/mol. The maximum Gasteiger partial charge on any atom is 0.128 e. The molecule has 0 radical (unpaired) electrons. The van der Waals surface area contributed by atoms with Gasteiger partial charge in [-0.25, -0.2) is 0 Å². The highest BCUT2D eigenvalue weighted by molar-refractivity contribution is 5.87. The van der Waals surface area contributed by atoms with E-state index in [2.05, 4.69) is 112 Å². The first-order valence-electron chi connectivity index (χ1n) is 38.5. The third-order valence-electron chi connectivity index (χ3n) is 18.4. The molecule has 0 fully saturated rings. The Kier molecular flexibility index (Phi) is 37.5. The minimum Gasteiger partial charge on any atom is -0.493 e. The monoisotopic (exact) mass is 1310 g/mol. The van der Waals surface area contributed by atoms with Crippen LogP contribution in [0.15, 0.2) is 122 Å². The lowest BCUT2D eigenvalue weighted by molar-refractivity contribution is 0.298. The van der Waals surface area contributed by atoms with Gasteiger partial charge < -0.3 is 28.4 Å². The number of nitrogens with zero attached hydrogens (tertiary/aromatic N) is 4. The summed E-state index contributed by atoms with van der Waals surface area (Å²) >= 11 is 0. The smallest absolute Gasteiger partial charge is 0.128 e. The van der Waals surface area contributed by atoms with Gasteiger partial charge in [0.05, 0.1) is 39.6 Å². The molecule has 0 N–H and O–H groups in total. The van der Waals surface area contributed by atoms with Crippen molar-refractivity contribution in [3.8, 4) is 101 Å². The van der Waals surface area contributed by atoms with Crippen LogP contribution in [0.1, 0.15) is 273 Å². The fraction of sp³-hybridized carbons (Fsp3) is 0.558. The molecule has 0 spiro atoms. The van der Waals surface area contributed by atoms with Crippen molar-refractivity contribution in [3.63, 3.8) is 0 Å². The third-order valence-corrected chi connectivity index (χ3v) is 18.4. The van der Waals surface area contributed by atoms with Crippen molar-refractivity contribution in [3.05, 3.63) is 122 Å². The van der Waals surface area contributed by atoms with Gasteiger partial charge in [0.15, 0.2) is 0 Å². The van der Waals surface area contributed by atoms with Crippen LogP contribution >= 0.6 is 0 Å². The lowest BCUT2D eigenvalue weighted by Gasteiger charge is -2.21. The molecule has 4 aromatic heterocycles. The minimum absolute atomic E-state index is 0.581. The highest BCUT2D eigenvalue weighted by Gasteiger charge is 2.23. The van der Waals surface area contributed by atoms with Crippen molar-refractivity contribution in [2.75, 3.05) is 39.6 Å². The zero-order chi connectivity index (χ0) is 67.3. The Balaban J connectivity index is 1.35. The number of benzene rings is 3. The number of hydrogen-bond donors (Lipinski definition) is 0. The van der Waals surface area contributed by atoms with Crippen LogP contribution in [0.25, 0.3) is 66.8 Å². The summed E-state index contributed by atoms with van der Waals surface area (Å²) in [7, 11) is 0. The molecule has 0 aliphatic carbocycles. The summed E-state index contributed by atoms with van der Waals surface area (Å²) < 4.78 is 41.7. The Morgan fingerprint density at radius 1 is 0.208 bits per heavy atom. The number of pyridine rings is 4. The molecule has 10 heteroatoms. The van der Waals surface area contributed by atoms with Gasteiger partial charge in [-0.1, -0.05) is 246 Å². The van der Waals surface area contributed by atoms with Crippen molar-refractivity contribution in [1.82, 2.24) is 19.9 Å². The second-order valence-corrected chi connectivity index (χ2v) is 26.6. The standard InChI is InChI=1S/C86H122N4O6/c1-7-13-19-25-31-37-49-91-81-59-77(83(93-51-39-33-27-21-15-9-3)57-75(81)69-45-43-47-87-63-69)71-55-73(67-89-65-71)79-61-86(96-54-42-36-30-24-18-12-6)80(62-85(79)95-53-41-35-29-23-17-11-5)74-56-72(66-90-68-74)78-60-82(92-50-38-32-26-20-14-8-2)76(70-46-44-48-88-64-70)58-84(78)94-52-40-34-28-22-16-10-4/h43-48,55-68H,7-42,49-54H2,1-6H3. The summed E-state index contributed by atoms with van der Waals surface area (Å²) in [5.74, 6) is 4.79. The Morgan fingerprint density at radius 2 is 0.396 bits per heavy atom. The summed E-state index contributed by atoms with van der Waals surface area (Å²) in [6.07, 6.45) is 57.7. The number of ether oxygens (including phenoxy) is 6. The van der Waals surface area contributed by atoms with Gasteiger partial charge in [0.25, 0.3) is 0 Å². The van der Waals surface area contributed by atoms with Crippen molar-refractivity contribution >= 4 is 0 Å². The SMILES string of the molecule is CCCCCCCCOc1cc(-c2cncc(-c3cc(OCCCCCCCC)c(-c4cncc(-c5cc(OCCCCCCCC)c(-c6cccnc6)cc5OCCCCCCCC)c4)cc3OCCCCCCCC)c2)c(OCCCCCCCC)cc1-c1cccnc1. The highest BCUT2D eigenvalue weighted by Crippen LogP contribution is 2.47. The minimum atomic E-state index is 0.581. The lowest BCUT2D eigenvalue weighted by Crippen LogP contribution is -2.04. The van der Waals surface area contributed by atoms with Crippen molar-refractivity contribution in [1.29, 1.82) is 0 Å². The molecular weight excluding hydrogens is 1180 g/mol. The van der Waals surface area contributed by atoms with E-state index in [4.69, 9.17) is 38.4 Å². The second-order valence-electron chi connectivity index (χ2n) is 26.6. The fourth-order valence-corrected chi connectivity index (χ4v) is 12.7. The number of rotatable bonds is 54. The Bertz CT molecular complexity index is 2980. The summed E-state index contributed by atoms with van der Waals surface area (Å²) in [5, 5.41) is 0. The molecule has 0 atom stereocenters. The summed E-state index contributed by atoms with van der Waals surface area (Å²) in [5.41, 5.74) is 11.4. The zero-order valence-corrected chi connectivity index (χ0v) is 60.5. The summed E-state index contributed by atoms with van der Waals surface area (Å²) in [4.78, 5) is 19.3. The maximum atomic E-state index is 7.10. The van der Waals surface area contributed by atoms with E-state index in [0.717, 1.165) is 178 Å². The Morgan fingerprint density at radius 3 is 0.594 bits per heavy atom. The fourth-order valence-electron chi connectivity index (χ4n) is 12.7. The van der Waals surface area contributed by atoms with E-state index >= 15 is 0 Å². The molecule has 7 aromatic rings. The van der Waals surface area contributed by atoms with Crippen molar-refractivity contribution < 1.29 is 28.4 Å². The third kappa shape index (κ3) is 26.8. The van der Waals surface area contributed by atoms with Crippen LogP contribution in [0.2, 0.25) is 0 Å². The van der Waals surface area contributed by atoms with Crippen molar-refractivity contribution in [2.45, 2.75) is 273 Å². The average molecular weight is 1310 g/mol. The van der Waals surface area contributed by atoms with Crippen LogP contribution in [-0.2, 0) is 0 Å². The number of hydrogen-bond acceptors (Lipinski definition) is 10. The van der Waals surface area contributed by atoms with E-state index < -0.39 is 0 Å². The molecule has 0 amide bonds. The molecular formula is C86H122N4O6. The average Bonchev–Trinajstić information content (AvgIpc) is 0.792. The Labute approximate surface area is 581 Å². The van der Waals surface area contributed by atoms with Crippen LogP contribution in [0, 0.1) is 0 Å². The lowest BCUT2D eigenvalue weighted by atomic mass is 9.94. The van der Waals surface area contributed by atoms with Crippen LogP contribution in [0.5, 0.6) is 34.5 Å². The quantitative estimate of drug-likeness (QED) is 0.0342. The molecule has 0 aliphatic rings. The number of aromatic nitrogens is 4. The first-order chi connectivity index (χ1) is 47.5. The summed E-state index contributed by atoms with van der Waals surface area (Å²) in [6, 6.07) is 25.9. The van der Waals surface area contributed by atoms with Crippen LogP contribution in [0.3, 0.4) is 0 Å². The second kappa shape index (κ2) is 47.1. The van der Waals surface area contributed by atoms with Gasteiger partial charge in [-0.15, -0.1) is 0 Å². The predicted octanol–water partition coefficient (Wildman–Crippen LogP) is 25.7. The molecule has 10 nitrogen and oxygen atoms in total. The Hall–Kier alpha value is -6.94. The van der Waals surface area contributed by atoms with Crippen molar-refractivity contribution in [2.24, 2.45) is 0 Å². The first-order valence-corrected chi connectivity index (χ1v) is 38.5. The van der Waals surface area contributed by atoms with Gasteiger partial charge in [0.2, 0.25) is 0 Å². The zero-order valence-electron chi connectivity index (χ0n) is 60.5.